The lowest BCUT2D eigenvalue weighted by atomic mass is 9.96. The van der Waals surface area contributed by atoms with Crippen LogP contribution in [0.15, 0.2) is 22.7 Å². The van der Waals surface area contributed by atoms with Gasteiger partial charge in [0.05, 0.1) is 5.02 Å². The van der Waals surface area contributed by atoms with Crippen LogP contribution in [0.1, 0.15) is 26.7 Å². The summed E-state index contributed by atoms with van der Waals surface area (Å²) in [6.45, 7) is 6.78. The van der Waals surface area contributed by atoms with Gasteiger partial charge in [-0.2, -0.15) is 0 Å². The van der Waals surface area contributed by atoms with Gasteiger partial charge in [0.2, 0.25) is 0 Å². The molecule has 1 N–H and O–H groups in total. The van der Waals surface area contributed by atoms with Crippen LogP contribution in [0.3, 0.4) is 0 Å². The van der Waals surface area contributed by atoms with Crippen molar-refractivity contribution in [3.05, 3.63) is 27.7 Å². The van der Waals surface area contributed by atoms with Crippen molar-refractivity contribution in [3.63, 3.8) is 0 Å². The number of nitrogens with zero attached hydrogens (tertiary/aromatic N) is 1. The van der Waals surface area contributed by atoms with Crippen LogP contribution in [0.25, 0.3) is 0 Å². The molecule has 4 heteroatoms. The summed E-state index contributed by atoms with van der Waals surface area (Å²) >= 11 is 9.76. The number of piperazine rings is 1. The lowest BCUT2D eigenvalue weighted by molar-refractivity contribution is 0.320. The van der Waals surface area contributed by atoms with Crippen molar-refractivity contribution < 1.29 is 0 Å². The van der Waals surface area contributed by atoms with Crippen LogP contribution in [-0.4, -0.2) is 25.2 Å². The maximum Gasteiger partial charge on any atom is 0.0568 e. The Bertz CT molecular complexity index is 487. The number of hydrogen-bond donors (Lipinski definition) is 1. The maximum absolute atomic E-state index is 6.28. The first-order valence-electron chi connectivity index (χ1n) is 7.51. The molecule has 2 unspecified atom stereocenters. The summed E-state index contributed by atoms with van der Waals surface area (Å²) in [5.74, 6) is 1.52. The van der Waals surface area contributed by atoms with Crippen LogP contribution in [-0.2, 0) is 0 Å². The highest BCUT2D eigenvalue weighted by atomic mass is 79.9. The Hall–Kier alpha value is -0.250. The molecular weight excluding hydrogens is 336 g/mol. The van der Waals surface area contributed by atoms with Crippen LogP contribution >= 0.6 is 27.5 Å². The van der Waals surface area contributed by atoms with Crippen molar-refractivity contribution in [1.82, 2.24) is 5.32 Å². The molecule has 1 aliphatic carbocycles. The Morgan fingerprint density at radius 3 is 2.70 bits per heavy atom. The van der Waals surface area contributed by atoms with Crippen molar-refractivity contribution in [3.8, 4) is 0 Å². The molecule has 1 heterocycles. The second kappa shape index (κ2) is 5.86. The summed E-state index contributed by atoms with van der Waals surface area (Å²) in [5.41, 5.74) is 1.25. The monoisotopic (exact) mass is 356 g/mol. The van der Waals surface area contributed by atoms with Crippen LogP contribution in [0.2, 0.25) is 5.02 Å². The second-order valence-corrected chi connectivity index (χ2v) is 7.68. The van der Waals surface area contributed by atoms with E-state index >= 15 is 0 Å². The molecule has 0 spiro atoms. The zero-order chi connectivity index (χ0) is 14.3. The summed E-state index contributed by atoms with van der Waals surface area (Å²) < 4.78 is 0.970. The number of rotatable bonds is 3. The minimum atomic E-state index is 0.544. The molecule has 1 saturated carbocycles. The second-order valence-electron chi connectivity index (χ2n) is 6.41. The quantitative estimate of drug-likeness (QED) is 0.867. The number of nitrogens with one attached hydrogen (secondary N) is 1. The van der Waals surface area contributed by atoms with Crippen LogP contribution < -0.4 is 10.2 Å². The minimum absolute atomic E-state index is 0.544. The van der Waals surface area contributed by atoms with Crippen molar-refractivity contribution >= 4 is 33.2 Å². The molecule has 0 amide bonds. The molecule has 2 aliphatic rings. The van der Waals surface area contributed by atoms with E-state index in [9.17, 15) is 0 Å². The zero-order valence-corrected chi connectivity index (χ0v) is 14.4. The van der Waals surface area contributed by atoms with Gasteiger partial charge in [0.25, 0.3) is 0 Å². The van der Waals surface area contributed by atoms with Gasteiger partial charge in [-0.1, -0.05) is 25.4 Å². The van der Waals surface area contributed by atoms with E-state index in [4.69, 9.17) is 11.6 Å². The molecule has 0 radical (unpaired) electrons. The van der Waals surface area contributed by atoms with Crippen molar-refractivity contribution in [2.24, 2.45) is 11.8 Å². The summed E-state index contributed by atoms with van der Waals surface area (Å²) in [6, 6.07) is 7.52. The molecule has 0 aromatic heterocycles. The smallest absolute Gasteiger partial charge is 0.0568 e. The molecule has 110 valence electrons. The molecule has 2 nitrogen and oxygen atoms in total. The number of halogens is 2. The van der Waals surface area contributed by atoms with E-state index in [1.54, 1.807) is 0 Å². The maximum atomic E-state index is 6.28. The van der Waals surface area contributed by atoms with Crippen LogP contribution in [0.4, 0.5) is 5.69 Å². The first-order valence-corrected chi connectivity index (χ1v) is 8.68. The van der Waals surface area contributed by atoms with Gasteiger partial charge >= 0.3 is 0 Å². The fraction of sp³-hybridized carbons (Fsp3) is 0.625. The fourth-order valence-corrected chi connectivity index (χ4v) is 3.59. The predicted molar refractivity (Wildman–Crippen MR) is 89.6 cm³/mol. The zero-order valence-electron chi connectivity index (χ0n) is 12.1. The molecule has 1 aromatic rings. The Labute approximate surface area is 135 Å². The summed E-state index contributed by atoms with van der Waals surface area (Å²) in [4.78, 5) is 2.56. The Morgan fingerprint density at radius 2 is 2.10 bits per heavy atom. The van der Waals surface area contributed by atoms with E-state index in [0.717, 1.165) is 28.5 Å². The normalized spacial score (nSPS) is 27.1. The Kier molecular flexibility index (Phi) is 4.30. The first-order chi connectivity index (χ1) is 9.56. The highest BCUT2D eigenvalue weighted by molar-refractivity contribution is 9.10. The van der Waals surface area contributed by atoms with Gasteiger partial charge in [-0.3, -0.25) is 0 Å². The summed E-state index contributed by atoms with van der Waals surface area (Å²) in [6.07, 6.45) is 2.78. The average Bonchev–Trinajstić information content (AvgIpc) is 3.25. The molecule has 20 heavy (non-hydrogen) atoms. The van der Waals surface area contributed by atoms with E-state index in [2.05, 4.69) is 58.2 Å². The molecule has 1 saturated heterocycles. The highest BCUT2D eigenvalue weighted by Gasteiger charge is 2.38. The minimum Gasteiger partial charge on any atom is -0.365 e. The molecule has 3 rings (SSSR count). The standard InChI is InChI=1S/C16H22BrClN2/c1-10(2)16-8-19-15(11-3-4-11)9-20(16)12-5-6-13(17)14(18)7-12/h5-7,10-11,15-16,19H,3-4,8-9H2,1-2H3. The van der Waals surface area contributed by atoms with Gasteiger partial charge in [0.1, 0.15) is 0 Å². The number of anilines is 1. The summed E-state index contributed by atoms with van der Waals surface area (Å²) in [5, 5.41) is 4.55. The predicted octanol–water partition coefficient (Wildman–Crippen LogP) is 4.32. The SMILES string of the molecule is CC(C)C1CNC(C2CC2)CN1c1ccc(Br)c(Cl)c1. The van der Waals surface area contributed by atoms with Crippen LogP contribution in [0.5, 0.6) is 0 Å². The first kappa shape index (κ1) is 14.7. The van der Waals surface area contributed by atoms with Crippen LogP contribution in [0, 0.1) is 11.8 Å². The fourth-order valence-electron chi connectivity index (χ4n) is 3.16. The van der Waals surface area contributed by atoms with Gasteiger partial charge in [-0.05, 0) is 58.8 Å². The third-order valence-electron chi connectivity index (χ3n) is 4.58. The van der Waals surface area contributed by atoms with Crippen molar-refractivity contribution in [2.75, 3.05) is 18.0 Å². The topological polar surface area (TPSA) is 15.3 Å². The van der Waals surface area contributed by atoms with Gasteiger partial charge in [0, 0.05) is 35.3 Å². The molecular formula is C16H22BrClN2. The van der Waals surface area contributed by atoms with E-state index in [0.29, 0.717) is 18.0 Å². The molecule has 2 fully saturated rings. The van der Waals surface area contributed by atoms with Gasteiger partial charge in [-0.25, -0.2) is 0 Å². The highest BCUT2D eigenvalue weighted by Crippen LogP contribution is 2.37. The molecule has 2 atom stereocenters. The van der Waals surface area contributed by atoms with Gasteiger partial charge in [-0.15, -0.1) is 0 Å². The molecule has 1 aliphatic heterocycles. The van der Waals surface area contributed by atoms with Gasteiger partial charge < -0.3 is 10.2 Å². The van der Waals surface area contributed by atoms with Gasteiger partial charge in [0.15, 0.2) is 0 Å². The van der Waals surface area contributed by atoms with Crippen molar-refractivity contribution in [1.29, 1.82) is 0 Å². The van der Waals surface area contributed by atoms with Crippen molar-refractivity contribution in [2.45, 2.75) is 38.8 Å². The Morgan fingerprint density at radius 1 is 1.35 bits per heavy atom. The molecule has 0 bridgehead atoms. The van der Waals surface area contributed by atoms with E-state index in [1.807, 2.05) is 0 Å². The number of benzene rings is 1. The van der Waals surface area contributed by atoms with E-state index < -0.39 is 0 Å². The third kappa shape index (κ3) is 3.00. The largest absolute Gasteiger partial charge is 0.365 e. The third-order valence-corrected chi connectivity index (χ3v) is 5.81. The lowest BCUT2D eigenvalue weighted by Crippen LogP contribution is -2.59. The summed E-state index contributed by atoms with van der Waals surface area (Å²) in [7, 11) is 0. The Balaban J connectivity index is 1.85. The van der Waals surface area contributed by atoms with E-state index in [1.165, 1.54) is 18.5 Å². The van der Waals surface area contributed by atoms with E-state index in [-0.39, 0.29) is 0 Å². The average molecular weight is 358 g/mol. The number of hydrogen-bond acceptors (Lipinski definition) is 2. The lowest BCUT2D eigenvalue weighted by Gasteiger charge is -2.44. The molecule has 1 aromatic carbocycles.